The van der Waals surface area contributed by atoms with Gasteiger partial charge >= 0.3 is 0 Å². The van der Waals surface area contributed by atoms with Gasteiger partial charge in [-0.3, -0.25) is 10.1 Å². The van der Waals surface area contributed by atoms with Gasteiger partial charge in [-0.25, -0.2) is 0 Å². The summed E-state index contributed by atoms with van der Waals surface area (Å²) in [5.74, 6) is -0.0305. The van der Waals surface area contributed by atoms with E-state index in [1.54, 1.807) is 12.2 Å². The van der Waals surface area contributed by atoms with Crippen molar-refractivity contribution in [1.82, 2.24) is 0 Å². The van der Waals surface area contributed by atoms with Crippen molar-refractivity contribution in [3.8, 4) is 0 Å². The van der Waals surface area contributed by atoms with Crippen LogP contribution in [0.1, 0.15) is 19.8 Å². The smallest absolute Gasteiger partial charge is 0.265 e. The molecule has 0 aromatic heterocycles. The average Bonchev–Trinajstić information content (AvgIpc) is 2.44. The van der Waals surface area contributed by atoms with Crippen molar-refractivity contribution in [1.29, 1.82) is 0 Å². The number of nitrogens with zero attached hydrogens (tertiary/aromatic N) is 1. The van der Waals surface area contributed by atoms with Crippen LogP contribution in [0.3, 0.4) is 0 Å². The highest BCUT2D eigenvalue weighted by Crippen LogP contribution is 2.36. The zero-order chi connectivity index (χ0) is 14.7. The first-order valence-electron chi connectivity index (χ1n) is 6.64. The van der Waals surface area contributed by atoms with E-state index in [0.29, 0.717) is 12.8 Å². The molecule has 0 aromatic carbocycles. The fourth-order valence-corrected chi connectivity index (χ4v) is 3.68. The van der Waals surface area contributed by atoms with Gasteiger partial charge in [-0.1, -0.05) is 13.0 Å². The summed E-state index contributed by atoms with van der Waals surface area (Å²) >= 11 is 1.54. The van der Waals surface area contributed by atoms with E-state index in [1.165, 1.54) is 17.8 Å². The van der Waals surface area contributed by atoms with Gasteiger partial charge in [-0.15, -0.1) is 11.8 Å². The standard InChI is InChI=1S/C13H19NO5S/c1-8-12(16)6-10(7-15)19-13(8)20-11-4-2-9(3-5-11)14(17)18/h2-4,8,10-13,15-16H,5-7H2,1H3/t8?,10-,11?,12-,13-/m0/s1. The third-order valence-corrected chi connectivity index (χ3v) is 5.14. The first kappa shape index (κ1) is 15.5. The van der Waals surface area contributed by atoms with Gasteiger partial charge < -0.3 is 14.9 Å². The molecule has 2 unspecified atom stereocenters. The zero-order valence-electron chi connectivity index (χ0n) is 11.2. The van der Waals surface area contributed by atoms with Gasteiger partial charge in [0, 0.05) is 23.7 Å². The molecule has 2 rings (SSSR count). The van der Waals surface area contributed by atoms with E-state index >= 15 is 0 Å². The Labute approximate surface area is 121 Å². The molecule has 1 fully saturated rings. The summed E-state index contributed by atoms with van der Waals surface area (Å²) in [5, 5.41) is 29.9. The molecule has 1 saturated heterocycles. The maximum absolute atomic E-state index is 10.6. The Bertz CT molecular complexity index is 425. The van der Waals surface area contributed by atoms with Crippen molar-refractivity contribution in [2.24, 2.45) is 5.92 Å². The Hall–Kier alpha value is -0.890. The van der Waals surface area contributed by atoms with Gasteiger partial charge in [-0.2, -0.15) is 0 Å². The topological polar surface area (TPSA) is 92.8 Å². The first-order valence-corrected chi connectivity index (χ1v) is 7.58. The summed E-state index contributed by atoms with van der Waals surface area (Å²) in [4.78, 5) is 10.2. The van der Waals surface area contributed by atoms with Crippen LogP contribution in [0.15, 0.2) is 23.9 Å². The minimum Gasteiger partial charge on any atom is -0.394 e. The van der Waals surface area contributed by atoms with E-state index < -0.39 is 11.0 Å². The maximum atomic E-state index is 10.6. The second-order valence-corrected chi connectivity index (χ2v) is 6.47. The van der Waals surface area contributed by atoms with Crippen molar-refractivity contribution in [2.75, 3.05) is 6.61 Å². The molecule has 1 aliphatic heterocycles. The van der Waals surface area contributed by atoms with Crippen molar-refractivity contribution >= 4 is 11.8 Å². The lowest BCUT2D eigenvalue weighted by atomic mass is 9.97. The van der Waals surface area contributed by atoms with Crippen LogP contribution >= 0.6 is 11.8 Å². The molecule has 2 N–H and O–H groups in total. The van der Waals surface area contributed by atoms with E-state index in [1.807, 2.05) is 6.92 Å². The highest BCUT2D eigenvalue weighted by atomic mass is 32.2. The van der Waals surface area contributed by atoms with Crippen molar-refractivity contribution in [3.63, 3.8) is 0 Å². The van der Waals surface area contributed by atoms with Gasteiger partial charge in [0.2, 0.25) is 0 Å². The number of rotatable bonds is 4. The van der Waals surface area contributed by atoms with Gasteiger partial charge in [0.05, 0.1) is 23.7 Å². The molecule has 0 bridgehead atoms. The highest BCUT2D eigenvalue weighted by molar-refractivity contribution is 8.00. The summed E-state index contributed by atoms with van der Waals surface area (Å²) in [7, 11) is 0. The second kappa shape index (κ2) is 6.71. The van der Waals surface area contributed by atoms with Crippen LogP contribution in [0.2, 0.25) is 0 Å². The molecule has 1 aliphatic carbocycles. The highest BCUT2D eigenvalue weighted by Gasteiger charge is 2.36. The number of ether oxygens (including phenoxy) is 1. The Morgan fingerprint density at radius 2 is 2.35 bits per heavy atom. The number of allylic oxidation sites excluding steroid dienone is 2. The number of nitro groups is 1. The van der Waals surface area contributed by atoms with Gasteiger partial charge in [-0.05, 0) is 12.5 Å². The summed E-state index contributed by atoms with van der Waals surface area (Å²) in [5.41, 5.74) is -0.0937. The average molecular weight is 301 g/mol. The van der Waals surface area contributed by atoms with E-state index in [2.05, 4.69) is 0 Å². The third-order valence-electron chi connectivity index (χ3n) is 3.63. The second-order valence-electron chi connectivity index (χ2n) is 5.13. The van der Waals surface area contributed by atoms with E-state index in [0.717, 1.165) is 0 Å². The van der Waals surface area contributed by atoms with Crippen LogP contribution in [0.4, 0.5) is 0 Å². The first-order chi connectivity index (χ1) is 9.51. The monoisotopic (exact) mass is 301 g/mol. The lowest BCUT2D eigenvalue weighted by Gasteiger charge is -2.38. The summed E-state index contributed by atoms with van der Waals surface area (Å²) < 4.78 is 5.76. The molecule has 2 aliphatic rings. The predicted molar refractivity (Wildman–Crippen MR) is 75.7 cm³/mol. The molecule has 0 aromatic rings. The number of hydrogen-bond acceptors (Lipinski definition) is 6. The van der Waals surface area contributed by atoms with Crippen molar-refractivity contribution in [2.45, 2.75) is 42.7 Å². The molecule has 20 heavy (non-hydrogen) atoms. The molecule has 1 heterocycles. The normalized spacial score (nSPS) is 37.5. The number of aliphatic hydroxyl groups excluding tert-OH is 2. The molecular weight excluding hydrogens is 282 g/mol. The molecule has 112 valence electrons. The Balaban J connectivity index is 1.93. The van der Waals surface area contributed by atoms with Crippen LogP contribution in [0, 0.1) is 16.0 Å². The number of hydrogen-bond donors (Lipinski definition) is 2. The quantitative estimate of drug-likeness (QED) is 0.601. The fourth-order valence-electron chi connectivity index (χ4n) is 2.31. The Kier molecular flexibility index (Phi) is 5.20. The Morgan fingerprint density at radius 1 is 1.60 bits per heavy atom. The predicted octanol–water partition coefficient (Wildman–Crippen LogP) is 1.31. The van der Waals surface area contributed by atoms with Gasteiger partial charge in [0.1, 0.15) is 5.44 Å². The molecule has 0 spiro atoms. The maximum Gasteiger partial charge on any atom is 0.265 e. The van der Waals surface area contributed by atoms with E-state index in [9.17, 15) is 20.3 Å². The summed E-state index contributed by atoms with van der Waals surface area (Å²) in [6.07, 6.45) is 5.10. The number of thioether (sulfide) groups is 1. The lowest BCUT2D eigenvalue weighted by molar-refractivity contribution is -0.419. The van der Waals surface area contributed by atoms with Crippen molar-refractivity contribution < 1.29 is 19.9 Å². The SMILES string of the molecule is CC1[C@@H](O)C[C@@H](CO)O[C@H]1SC1C=CC([N+](=O)[O-])=CC1. The van der Waals surface area contributed by atoms with E-state index in [-0.39, 0.29) is 35.0 Å². The largest absolute Gasteiger partial charge is 0.394 e. The summed E-state index contributed by atoms with van der Waals surface area (Å²) in [6, 6.07) is 0. The third kappa shape index (κ3) is 3.60. The molecule has 0 amide bonds. The fraction of sp³-hybridized carbons (Fsp3) is 0.692. The van der Waals surface area contributed by atoms with Crippen LogP contribution in [-0.4, -0.2) is 44.6 Å². The number of aliphatic hydroxyl groups is 2. The Morgan fingerprint density at radius 3 is 2.90 bits per heavy atom. The lowest BCUT2D eigenvalue weighted by Crippen LogP contribution is -2.43. The van der Waals surface area contributed by atoms with Crippen LogP contribution in [-0.2, 0) is 4.74 Å². The van der Waals surface area contributed by atoms with Crippen LogP contribution in [0.25, 0.3) is 0 Å². The molecule has 7 heteroatoms. The molecule has 0 saturated carbocycles. The molecule has 0 radical (unpaired) electrons. The molecular formula is C13H19NO5S. The van der Waals surface area contributed by atoms with E-state index in [4.69, 9.17) is 4.74 Å². The minimum absolute atomic E-state index is 0.0305. The van der Waals surface area contributed by atoms with Crippen LogP contribution in [0.5, 0.6) is 0 Å². The van der Waals surface area contributed by atoms with Gasteiger partial charge in [0.15, 0.2) is 0 Å². The zero-order valence-corrected chi connectivity index (χ0v) is 12.0. The van der Waals surface area contributed by atoms with Crippen molar-refractivity contribution in [3.05, 3.63) is 34.0 Å². The van der Waals surface area contributed by atoms with Gasteiger partial charge in [0.25, 0.3) is 5.70 Å². The molecule has 6 nitrogen and oxygen atoms in total. The minimum atomic E-state index is -0.490. The summed E-state index contributed by atoms with van der Waals surface area (Å²) in [6.45, 7) is 1.81. The molecule has 5 atom stereocenters. The van der Waals surface area contributed by atoms with Crippen LogP contribution < -0.4 is 0 Å².